The van der Waals surface area contributed by atoms with Crippen molar-refractivity contribution < 1.29 is 9.18 Å². The van der Waals surface area contributed by atoms with Crippen LogP contribution in [0.2, 0.25) is 0 Å². The molecule has 4 aromatic carbocycles. The third kappa shape index (κ3) is 4.64. The minimum atomic E-state index is -0.528. The molecule has 3 N–H and O–H groups in total. The van der Waals surface area contributed by atoms with Gasteiger partial charge in [-0.25, -0.2) is 9.38 Å². The van der Waals surface area contributed by atoms with E-state index in [0.29, 0.717) is 22.5 Å². The van der Waals surface area contributed by atoms with Gasteiger partial charge in [0.15, 0.2) is 0 Å². The second kappa shape index (κ2) is 9.99. The molecule has 1 amide bonds. The van der Waals surface area contributed by atoms with Gasteiger partial charge in [0.05, 0.1) is 11.4 Å². The number of nitrogens with one attached hydrogen (secondary N) is 1. The van der Waals surface area contributed by atoms with Gasteiger partial charge >= 0.3 is 0 Å². The first-order valence-electron chi connectivity index (χ1n) is 11.9. The second-order valence-corrected chi connectivity index (χ2v) is 9.81. The van der Waals surface area contributed by atoms with Gasteiger partial charge < -0.3 is 11.1 Å². The third-order valence-electron chi connectivity index (χ3n) is 6.33. The number of nitrogens with two attached hydrogens (primary N) is 1. The molecule has 0 radical (unpaired) electrons. The van der Waals surface area contributed by atoms with Crippen LogP contribution in [-0.2, 0) is 6.42 Å². The lowest BCUT2D eigenvalue weighted by Gasteiger charge is -2.22. The second-order valence-electron chi connectivity index (χ2n) is 8.73. The molecule has 1 aliphatic rings. The lowest BCUT2D eigenvalue weighted by Crippen LogP contribution is -2.15. The lowest BCUT2D eigenvalue weighted by molar-refractivity contribution is 0.1000. The molecule has 5 rings (SSSR count). The van der Waals surface area contributed by atoms with E-state index in [9.17, 15) is 4.79 Å². The van der Waals surface area contributed by atoms with E-state index >= 15 is 4.39 Å². The molecule has 0 spiro atoms. The maximum absolute atomic E-state index is 15.2. The fourth-order valence-electron chi connectivity index (χ4n) is 4.40. The summed E-state index contributed by atoms with van der Waals surface area (Å²) in [6.45, 7) is 4.23. The van der Waals surface area contributed by atoms with Gasteiger partial charge in [-0.2, -0.15) is 0 Å². The number of rotatable bonds is 6. The van der Waals surface area contributed by atoms with E-state index < -0.39 is 5.91 Å². The zero-order valence-corrected chi connectivity index (χ0v) is 20.9. The van der Waals surface area contributed by atoms with Crippen molar-refractivity contribution in [2.75, 3.05) is 5.32 Å². The van der Waals surface area contributed by atoms with Crippen LogP contribution in [0.5, 0.6) is 0 Å². The lowest BCUT2D eigenvalue weighted by atomic mass is 9.93. The van der Waals surface area contributed by atoms with E-state index in [4.69, 9.17) is 10.7 Å². The quantitative estimate of drug-likeness (QED) is 0.260. The summed E-state index contributed by atoms with van der Waals surface area (Å²) in [6.07, 6.45) is 0.986. The monoisotopic (exact) mass is 495 g/mol. The number of amides is 1. The largest absolute Gasteiger partial charge is 0.378 e. The zero-order valence-electron chi connectivity index (χ0n) is 20.1. The normalized spacial score (nSPS) is 13.1. The molecule has 4 nitrogen and oxygen atoms in total. The molecule has 0 bridgehead atoms. The molecule has 1 aliphatic heterocycles. The molecule has 0 fully saturated rings. The van der Waals surface area contributed by atoms with Crippen molar-refractivity contribution in [3.63, 3.8) is 0 Å². The van der Waals surface area contributed by atoms with Gasteiger partial charge in [0.2, 0.25) is 5.91 Å². The van der Waals surface area contributed by atoms with Crippen LogP contribution in [0.4, 0.5) is 15.8 Å². The summed E-state index contributed by atoms with van der Waals surface area (Å²) in [5.74, 6) is -0.882. The summed E-state index contributed by atoms with van der Waals surface area (Å²) in [4.78, 5) is 18.6. The molecule has 0 saturated heterocycles. The minimum absolute atomic E-state index is 0.0765. The highest BCUT2D eigenvalue weighted by Gasteiger charge is 2.26. The fraction of sp³-hybridized carbons (Fsp3) is 0.133. The van der Waals surface area contributed by atoms with Crippen molar-refractivity contribution in [2.24, 2.45) is 10.7 Å². The van der Waals surface area contributed by atoms with Gasteiger partial charge in [0, 0.05) is 38.2 Å². The summed E-state index contributed by atoms with van der Waals surface area (Å²) in [6, 6.07) is 26.3. The van der Waals surface area contributed by atoms with Gasteiger partial charge in [-0.05, 0) is 73.0 Å². The van der Waals surface area contributed by atoms with Crippen LogP contribution in [0.3, 0.4) is 0 Å². The number of fused-ring (bicyclic) bond motifs is 2. The van der Waals surface area contributed by atoms with E-state index in [-0.39, 0.29) is 11.9 Å². The SMILES string of the molecule is CCc1ccc(NC(C)c2cccc3c2C(c2ccccc2F)=Nc2cc(C(N)=O)ccc2S3)cc1. The molecule has 180 valence electrons. The fourth-order valence-corrected chi connectivity index (χ4v) is 5.44. The number of carbonyl (C=O) groups excluding carboxylic acids is 1. The van der Waals surface area contributed by atoms with Crippen LogP contribution in [0, 0.1) is 5.82 Å². The number of hydrogen-bond acceptors (Lipinski definition) is 4. The van der Waals surface area contributed by atoms with Gasteiger partial charge in [0.25, 0.3) is 0 Å². The van der Waals surface area contributed by atoms with Crippen molar-refractivity contribution in [3.05, 3.63) is 119 Å². The Hall–Kier alpha value is -3.90. The first-order valence-corrected chi connectivity index (χ1v) is 12.7. The van der Waals surface area contributed by atoms with Gasteiger partial charge in [-0.15, -0.1) is 0 Å². The summed E-state index contributed by atoms with van der Waals surface area (Å²) in [5, 5.41) is 3.59. The van der Waals surface area contributed by atoms with Crippen LogP contribution in [-0.4, -0.2) is 11.6 Å². The third-order valence-corrected chi connectivity index (χ3v) is 7.46. The number of halogens is 1. The Kier molecular flexibility index (Phi) is 6.61. The number of anilines is 1. The molecule has 1 atom stereocenters. The molecule has 1 heterocycles. The van der Waals surface area contributed by atoms with E-state index in [1.165, 1.54) is 11.6 Å². The number of benzene rings is 4. The first-order chi connectivity index (χ1) is 17.4. The predicted octanol–water partition coefficient (Wildman–Crippen LogP) is 7.29. The predicted molar refractivity (Wildman–Crippen MR) is 145 cm³/mol. The topological polar surface area (TPSA) is 67.5 Å². The number of aliphatic imine (C=N–C) groups is 1. The summed E-state index contributed by atoms with van der Waals surface area (Å²) >= 11 is 1.55. The van der Waals surface area contributed by atoms with E-state index in [2.05, 4.69) is 49.5 Å². The van der Waals surface area contributed by atoms with Gasteiger partial charge in [-0.3, -0.25) is 4.79 Å². The smallest absolute Gasteiger partial charge is 0.248 e. The van der Waals surface area contributed by atoms with Gasteiger partial charge in [-0.1, -0.05) is 55.1 Å². The number of carbonyl (C=O) groups is 1. The Morgan fingerprint density at radius 1 is 1.00 bits per heavy atom. The average Bonchev–Trinajstić information content (AvgIpc) is 3.05. The molecular weight excluding hydrogens is 469 g/mol. The van der Waals surface area contributed by atoms with E-state index in [1.54, 1.807) is 42.1 Å². The first kappa shape index (κ1) is 23.8. The number of nitrogens with zero attached hydrogens (tertiary/aromatic N) is 1. The van der Waals surface area contributed by atoms with Crippen LogP contribution in [0.25, 0.3) is 0 Å². The highest BCUT2D eigenvalue weighted by molar-refractivity contribution is 7.99. The van der Waals surface area contributed by atoms with Crippen LogP contribution in [0.15, 0.2) is 99.7 Å². The maximum Gasteiger partial charge on any atom is 0.248 e. The van der Waals surface area contributed by atoms with Gasteiger partial charge in [0.1, 0.15) is 5.82 Å². The van der Waals surface area contributed by atoms with Crippen molar-refractivity contribution in [1.82, 2.24) is 0 Å². The van der Waals surface area contributed by atoms with E-state index in [1.807, 2.05) is 18.2 Å². The molecule has 1 unspecified atom stereocenters. The summed E-state index contributed by atoms with van der Waals surface area (Å²) in [5.41, 5.74) is 11.6. The Morgan fingerprint density at radius 3 is 2.50 bits per heavy atom. The Labute approximate surface area is 214 Å². The molecule has 6 heteroatoms. The molecule has 36 heavy (non-hydrogen) atoms. The van der Waals surface area contributed by atoms with Crippen molar-refractivity contribution >= 4 is 34.8 Å². The average molecular weight is 496 g/mol. The van der Waals surface area contributed by atoms with Crippen LogP contribution < -0.4 is 11.1 Å². The number of aryl methyl sites for hydroxylation is 1. The molecule has 0 saturated carbocycles. The highest BCUT2D eigenvalue weighted by atomic mass is 32.2. The number of primary amides is 1. The van der Waals surface area contributed by atoms with Crippen molar-refractivity contribution in [2.45, 2.75) is 36.1 Å². The Morgan fingerprint density at radius 2 is 1.78 bits per heavy atom. The maximum atomic E-state index is 15.2. The molecule has 0 aliphatic carbocycles. The molecular formula is C30H26FN3OS. The molecule has 0 aromatic heterocycles. The standard InChI is InChI=1S/C30H26FN3OS/c1-3-19-11-14-21(15-12-19)33-18(2)22-8-6-10-27-28(22)29(23-7-4-5-9-24(23)31)34-25-17-20(30(32)35)13-16-26(25)36-27/h4-18,33H,3H2,1-2H3,(H2,32,35). The zero-order chi connectivity index (χ0) is 25.2. The Balaban J connectivity index is 1.67. The highest BCUT2D eigenvalue weighted by Crippen LogP contribution is 2.44. The number of hydrogen-bond donors (Lipinski definition) is 2. The van der Waals surface area contributed by atoms with Crippen molar-refractivity contribution in [3.8, 4) is 0 Å². The minimum Gasteiger partial charge on any atom is -0.378 e. The van der Waals surface area contributed by atoms with Crippen LogP contribution >= 0.6 is 11.8 Å². The summed E-state index contributed by atoms with van der Waals surface area (Å²) in [7, 11) is 0. The van der Waals surface area contributed by atoms with Crippen molar-refractivity contribution in [1.29, 1.82) is 0 Å². The Bertz CT molecular complexity index is 1480. The van der Waals surface area contributed by atoms with Crippen LogP contribution in [0.1, 0.15) is 52.5 Å². The van der Waals surface area contributed by atoms with E-state index in [0.717, 1.165) is 33.0 Å². The molecule has 4 aromatic rings. The summed E-state index contributed by atoms with van der Waals surface area (Å²) < 4.78 is 15.2.